The van der Waals surface area contributed by atoms with E-state index in [2.05, 4.69) is 26.9 Å². The maximum atomic E-state index is 13.3. The van der Waals surface area contributed by atoms with Gasteiger partial charge in [0.1, 0.15) is 11.8 Å². The zero-order valence-electron chi connectivity index (χ0n) is 17.6. The highest BCUT2D eigenvalue weighted by Crippen LogP contribution is 2.35. The number of aromatic nitrogens is 4. The van der Waals surface area contributed by atoms with E-state index in [-0.39, 0.29) is 17.7 Å². The number of carbonyl (C=O) groups excluding carboxylic acids is 1. The maximum Gasteiger partial charge on any atom is 0.253 e. The average molecular weight is 477 g/mol. The second-order valence-corrected chi connectivity index (χ2v) is 9.12. The van der Waals surface area contributed by atoms with Crippen LogP contribution in [0.2, 0.25) is 0 Å². The van der Waals surface area contributed by atoms with Crippen molar-refractivity contribution in [2.75, 3.05) is 5.75 Å². The standard InChI is InChI=1S/C23H20N6O2S2/c1-2-10-28-22(16-6-3-9-24-14-16)25-26-23(28)33-15-21(30)29-18(19-7-4-11-31-19)13-17(27-29)20-8-5-12-32-20/h2-9,11-12,14,18H,1,10,13,15H2/t18-/m1/s1. The van der Waals surface area contributed by atoms with Crippen LogP contribution in [-0.4, -0.2) is 42.1 Å². The van der Waals surface area contributed by atoms with Crippen molar-refractivity contribution < 1.29 is 9.21 Å². The van der Waals surface area contributed by atoms with Gasteiger partial charge in [-0.1, -0.05) is 23.9 Å². The molecule has 0 saturated carbocycles. The fraction of sp³-hybridized carbons (Fsp3) is 0.174. The SMILES string of the molecule is C=CCn1c(SCC(=O)N2N=C(c3cccs3)C[C@@H]2c2ccco2)nnc1-c1cccnc1. The lowest BCUT2D eigenvalue weighted by atomic mass is 10.1. The molecule has 0 N–H and O–H groups in total. The quantitative estimate of drug-likeness (QED) is 0.272. The van der Waals surface area contributed by atoms with E-state index in [9.17, 15) is 4.79 Å². The second-order valence-electron chi connectivity index (χ2n) is 7.23. The molecule has 0 aromatic carbocycles. The molecular weight excluding hydrogens is 456 g/mol. The molecule has 4 aromatic rings. The summed E-state index contributed by atoms with van der Waals surface area (Å²) in [5.41, 5.74) is 1.74. The molecule has 8 nitrogen and oxygen atoms in total. The van der Waals surface area contributed by atoms with Crippen molar-refractivity contribution in [2.24, 2.45) is 5.10 Å². The molecule has 1 aliphatic rings. The summed E-state index contributed by atoms with van der Waals surface area (Å²) >= 11 is 2.94. The van der Waals surface area contributed by atoms with E-state index in [0.717, 1.165) is 21.9 Å². The Morgan fingerprint density at radius 2 is 2.21 bits per heavy atom. The number of hydrazone groups is 1. The number of rotatable bonds is 8. The van der Waals surface area contributed by atoms with Crippen LogP contribution in [0.15, 0.2) is 87.8 Å². The summed E-state index contributed by atoms with van der Waals surface area (Å²) in [5.74, 6) is 1.45. The van der Waals surface area contributed by atoms with E-state index < -0.39 is 0 Å². The zero-order chi connectivity index (χ0) is 22.6. The lowest BCUT2D eigenvalue weighted by molar-refractivity contribution is -0.130. The minimum absolute atomic E-state index is 0.121. The Bertz CT molecular complexity index is 1270. The summed E-state index contributed by atoms with van der Waals surface area (Å²) in [5, 5.41) is 17.5. The largest absolute Gasteiger partial charge is 0.467 e. The first-order valence-corrected chi connectivity index (χ1v) is 12.1. The summed E-state index contributed by atoms with van der Waals surface area (Å²) in [6.45, 7) is 4.36. The average Bonchev–Trinajstić information content (AvgIpc) is 3.64. The Hall–Kier alpha value is -3.50. The summed E-state index contributed by atoms with van der Waals surface area (Å²) < 4.78 is 7.54. The molecule has 5 rings (SSSR count). The summed E-state index contributed by atoms with van der Waals surface area (Å²) in [6, 6.07) is 11.2. The van der Waals surface area contributed by atoms with Gasteiger partial charge in [-0.2, -0.15) is 5.10 Å². The van der Waals surface area contributed by atoms with Gasteiger partial charge in [-0.3, -0.25) is 14.3 Å². The number of furan rings is 1. The van der Waals surface area contributed by atoms with Crippen LogP contribution in [0.5, 0.6) is 0 Å². The lowest BCUT2D eigenvalue weighted by Crippen LogP contribution is -2.28. The predicted molar refractivity (Wildman–Crippen MR) is 128 cm³/mol. The van der Waals surface area contributed by atoms with Crippen LogP contribution in [0.3, 0.4) is 0 Å². The first-order chi connectivity index (χ1) is 16.2. The summed E-state index contributed by atoms with van der Waals surface area (Å²) in [4.78, 5) is 18.5. The third-order valence-electron chi connectivity index (χ3n) is 5.12. The summed E-state index contributed by atoms with van der Waals surface area (Å²) in [7, 11) is 0. The predicted octanol–water partition coefficient (Wildman–Crippen LogP) is 4.65. The molecule has 4 aromatic heterocycles. The molecule has 1 amide bonds. The molecule has 0 spiro atoms. The Morgan fingerprint density at radius 1 is 1.27 bits per heavy atom. The van der Waals surface area contributed by atoms with E-state index in [1.165, 1.54) is 16.8 Å². The van der Waals surface area contributed by atoms with Crippen molar-refractivity contribution in [3.8, 4) is 11.4 Å². The smallest absolute Gasteiger partial charge is 0.253 e. The Labute approximate surface area is 198 Å². The van der Waals surface area contributed by atoms with Crippen LogP contribution in [0.25, 0.3) is 11.4 Å². The number of thiophene rings is 1. The normalized spacial score (nSPS) is 15.6. The molecule has 0 fully saturated rings. The zero-order valence-corrected chi connectivity index (χ0v) is 19.2. The van der Waals surface area contributed by atoms with E-state index in [4.69, 9.17) is 4.42 Å². The van der Waals surface area contributed by atoms with E-state index in [1.807, 2.05) is 46.3 Å². The molecule has 166 valence electrons. The Kier molecular flexibility index (Phi) is 6.18. The number of carbonyl (C=O) groups is 1. The number of hydrogen-bond acceptors (Lipinski definition) is 8. The second kappa shape index (κ2) is 9.55. The molecule has 33 heavy (non-hydrogen) atoms. The van der Waals surface area contributed by atoms with Gasteiger partial charge in [-0.25, -0.2) is 5.01 Å². The fourth-order valence-corrected chi connectivity index (χ4v) is 5.15. The minimum Gasteiger partial charge on any atom is -0.467 e. The number of pyridine rings is 1. The van der Waals surface area contributed by atoms with Crippen molar-refractivity contribution in [3.05, 3.63) is 83.7 Å². The lowest BCUT2D eigenvalue weighted by Gasteiger charge is -2.19. The monoisotopic (exact) mass is 476 g/mol. The maximum absolute atomic E-state index is 13.3. The van der Waals surface area contributed by atoms with Crippen LogP contribution in [0.1, 0.15) is 23.1 Å². The first kappa shape index (κ1) is 21.4. The molecular formula is C23H20N6O2S2. The van der Waals surface area contributed by atoms with E-state index in [0.29, 0.717) is 23.9 Å². The third kappa shape index (κ3) is 4.39. The molecule has 0 radical (unpaired) electrons. The van der Waals surface area contributed by atoms with Crippen LogP contribution in [0.4, 0.5) is 0 Å². The van der Waals surface area contributed by atoms with Gasteiger partial charge in [0.25, 0.3) is 5.91 Å². The van der Waals surface area contributed by atoms with Gasteiger partial charge in [0.15, 0.2) is 11.0 Å². The van der Waals surface area contributed by atoms with Crippen LogP contribution >= 0.6 is 23.1 Å². The first-order valence-electron chi connectivity index (χ1n) is 10.3. The van der Waals surface area contributed by atoms with E-state index in [1.54, 1.807) is 36.1 Å². The van der Waals surface area contributed by atoms with Crippen molar-refractivity contribution in [1.82, 2.24) is 24.8 Å². The van der Waals surface area contributed by atoms with Crippen molar-refractivity contribution in [1.29, 1.82) is 0 Å². The highest BCUT2D eigenvalue weighted by molar-refractivity contribution is 7.99. The molecule has 0 bridgehead atoms. The third-order valence-corrected chi connectivity index (χ3v) is 6.99. The van der Waals surface area contributed by atoms with Gasteiger partial charge in [0, 0.05) is 30.9 Å². The van der Waals surface area contributed by atoms with Gasteiger partial charge in [0.05, 0.1) is 22.6 Å². The molecule has 10 heteroatoms. The number of nitrogens with zero attached hydrogens (tertiary/aromatic N) is 6. The van der Waals surface area contributed by atoms with Gasteiger partial charge < -0.3 is 4.42 Å². The van der Waals surface area contributed by atoms with E-state index >= 15 is 0 Å². The van der Waals surface area contributed by atoms with Gasteiger partial charge in [0.2, 0.25) is 0 Å². The topological polar surface area (TPSA) is 89.4 Å². The van der Waals surface area contributed by atoms with Crippen LogP contribution in [-0.2, 0) is 11.3 Å². The Balaban J connectivity index is 1.36. The van der Waals surface area contributed by atoms with Crippen molar-refractivity contribution in [3.63, 3.8) is 0 Å². The van der Waals surface area contributed by atoms with Crippen molar-refractivity contribution in [2.45, 2.75) is 24.2 Å². The van der Waals surface area contributed by atoms with Crippen LogP contribution < -0.4 is 0 Å². The molecule has 1 atom stereocenters. The molecule has 5 heterocycles. The number of thioether (sulfide) groups is 1. The minimum atomic E-state index is -0.262. The number of hydrogen-bond donors (Lipinski definition) is 0. The Morgan fingerprint density at radius 3 is 2.94 bits per heavy atom. The number of allylic oxidation sites excluding steroid dienone is 1. The molecule has 0 saturated heterocycles. The summed E-state index contributed by atoms with van der Waals surface area (Å²) in [6.07, 6.45) is 7.46. The van der Waals surface area contributed by atoms with Gasteiger partial charge >= 0.3 is 0 Å². The highest BCUT2D eigenvalue weighted by atomic mass is 32.2. The number of amides is 1. The highest BCUT2D eigenvalue weighted by Gasteiger charge is 2.35. The molecule has 0 unspecified atom stereocenters. The van der Waals surface area contributed by atoms with Crippen LogP contribution in [0, 0.1) is 0 Å². The molecule has 1 aliphatic heterocycles. The van der Waals surface area contributed by atoms with Crippen molar-refractivity contribution >= 4 is 34.7 Å². The van der Waals surface area contributed by atoms with Gasteiger partial charge in [-0.15, -0.1) is 28.1 Å². The fourth-order valence-electron chi connectivity index (χ4n) is 3.62. The molecule has 0 aliphatic carbocycles. The van der Waals surface area contributed by atoms with Gasteiger partial charge in [-0.05, 0) is 35.7 Å².